The van der Waals surface area contributed by atoms with Gasteiger partial charge in [0.25, 0.3) is 5.91 Å². The Bertz CT molecular complexity index is 904. The number of aryl methyl sites for hydroxylation is 1. The number of ether oxygens (including phenoxy) is 2. The number of rotatable bonds is 5. The number of carbonyl (C=O) groups is 1. The Hall–Kier alpha value is -2.73. The molecule has 0 bridgehead atoms. The standard InChI is InChI=1S/C21H22N2O3S/c1-5-23-20(24)19(12-15-8-11-17(25-3)13-18(15)26-4)27-21(23)22-16-9-6-14(2)7-10-16/h6-13H,5H2,1-4H3/b19-12+,22-21?. The first-order chi connectivity index (χ1) is 13.0. The summed E-state index contributed by atoms with van der Waals surface area (Å²) in [5.74, 6) is 1.31. The highest BCUT2D eigenvalue weighted by atomic mass is 32.2. The molecule has 140 valence electrons. The van der Waals surface area contributed by atoms with Gasteiger partial charge in [-0.3, -0.25) is 9.69 Å². The average Bonchev–Trinajstić information content (AvgIpc) is 2.98. The fourth-order valence-corrected chi connectivity index (χ4v) is 3.73. The van der Waals surface area contributed by atoms with Crippen LogP contribution < -0.4 is 9.47 Å². The molecule has 1 saturated heterocycles. The summed E-state index contributed by atoms with van der Waals surface area (Å²) in [6, 6.07) is 13.5. The summed E-state index contributed by atoms with van der Waals surface area (Å²) in [5.41, 5.74) is 2.83. The molecule has 0 unspecified atom stereocenters. The molecule has 27 heavy (non-hydrogen) atoms. The summed E-state index contributed by atoms with van der Waals surface area (Å²) in [4.78, 5) is 19.8. The molecule has 1 amide bonds. The molecule has 2 aromatic carbocycles. The maximum absolute atomic E-state index is 12.8. The van der Waals surface area contributed by atoms with Gasteiger partial charge in [0.15, 0.2) is 5.17 Å². The van der Waals surface area contributed by atoms with Crippen LogP contribution in [0.25, 0.3) is 6.08 Å². The van der Waals surface area contributed by atoms with E-state index in [1.54, 1.807) is 25.2 Å². The second kappa shape index (κ2) is 8.31. The van der Waals surface area contributed by atoms with Crippen LogP contribution in [0.3, 0.4) is 0 Å². The van der Waals surface area contributed by atoms with Crippen LogP contribution in [0.4, 0.5) is 5.69 Å². The second-order valence-corrected chi connectivity index (χ2v) is 7.01. The number of hydrogen-bond donors (Lipinski definition) is 0. The van der Waals surface area contributed by atoms with Gasteiger partial charge in [0.1, 0.15) is 11.5 Å². The van der Waals surface area contributed by atoms with Gasteiger partial charge in [0, 0.05) is 18.2 Å². The molecule has 0 N–H and O–H groups in total. The minimum Gasteiger partial charge on any atom is -0.497 e. The number of carbonyl (C=O) groups excluding carboxylic acids is 1. The Morgan fingerprint density at radius 1 is 1.11 bits per heavy atom. The number of hydrogen-bond acceptors (Lipinski definition) is 5. The molecule has 6 heteroatoms. The molecule has 0 atom stereocenters. The van der Waals surface area contributed by atoms with Gasteiger partial charge in [-0.05, 0) is 56.0 Å². The van der Waals surface area contributed by atoms with E-state index in [2.05, 4.69) is 4.99 Å². The molecule has 1 aliphatic heterocycles. The lowest BCUT2D eigenvalue weighted by atomic mass is 10.1. The molecule has 1 aliphatic rings. The van der Waals surface area contributed by atoms with Crippen molar-refractivity contribution in [2.45, 2.75) is 13.8 Å². The van der Waals surface area contributed by atoms with Crippen molar-refractivity contribution in [3.8, 4) is 11.5 Å². The highest BCUT2D eigenvalue weighted by Crippen LogP contribution is 2.36. The van der Waals surface area contributed by atoms with Crippen LogP contribution in [0, 0.1) is 6.92 Å². The molecule has 3 rings (SSSR count). The van der Waals surface area contributed by atoms with Crippen molar-refractivity contribution < 1.29 is 14.3 Å². The number of nitrogens with zero attached hydrogens (tertiary/aromatic N) is 2. The van der Waals surface area contributed by atoms with Gasteiger partial charge in [-0.2, -0.15) is 0 Å². The number of amidine groups is 1. The summed E-state index contributed by atoms with van der Waals surface area (Å²) < 4.78 is 10.7. The topological polar surface area (TPSA) is 51.1 Å². The van der Waals surface area contributed by atoms with E-state index in [-0.39, 0.29) is 5.91 Å². The van der Waals surface area contributed by atoms with E-state index in [9.17, 15) is 4.79 Å². The lowest BCUT2D eigenvalue weighted by Crippen LogP contribution is -2.28. The van der Waals surface area contributed by atoms with Crippen LogP contribution in [-0.4, -0.2) is 36.7 Å². The van der Waals surface area contributed by atoms with E-state index in [1.807, 2.05) is 56.3 Å². The van der Waals surface area contributed by atoms with Crippen molar-refractivity contribution in [1.82, 2.24) is 4.90 Å². The maximum Gasteiger partial charge on any atom is 0.266 e. The Kier molecular flexibility index (Phi) is 5.86. The monoisotopic (exact) mass is 382 g/mol. The van der Waals surface area contributed by atoms with E-state index in [0.717, 1.165) is 11.3 Å². The zero-order valence-electron chi connectivity index (χ0n) is 15.9. The number of methoxy groups -OCH3 is 2. The number of likely N-dealkylation sites (N-methyl/N-ethyl adjacent to an activating group) is 1. The predicted octanol–water partition coefficient (Wildman–Crippen LogP) is 4.64. The van der Waals surface area contributed by atoms with Gasteiger partial charge in [-0.15, -0.1) is 0 Å². The van der Waals surface area contributed by atoms with Crippen molar-refractivity contribution in [2.24, 2.45) is 4.99 Å². The minimum atomic E-state index is -0.0498. The highest BCUT2D eigenvalue weighted by Gasteiger charge is 2.32. The van der Waals surface area contributed by atoms with E-state index in [4.69, 9.17) is 9.47 Å². The number of aliphatic imine (C=N–C) groups is 1. The number of thioether (sulfide) groups is 1. The van der Waals surface area contributed by atoms with Gasteiger partial charge in [-0.1, -0.05) is 17.7 Å². The summed E-state index contributed by atoms with van der Waals surface area (Å²) in [5, 5.41) is 0.685. The first-order valence-corrected chi connectivity index (χ1v) is 9.46. The van der Waals surface area contributed by atoms with Gasteiger partial charge in [-0.25, -0.2) is 4.99 Å². The zero-order valence-corrected chi connectivity index (χ0v) is 16.7. The third-order valence-corrected chi connectivity index (χ3v) is 5.20. The van der Waals surface area contributed by atoms with E-state index in [0.29, 0.717) is 28.1 Å². The molecule has 0 aromatic heterocycles. The van der Waals surface area contributed by atoms with Crippen molar-refractivity contribution in [2.75, 3.05) is 20.8 Å². The maximum atomic E-state index is 12.8. The average molecular weight is 382 g/mol. The van der Waals surface area contributed by atoms with E-state index in [1.165, 1.54) is 17.3 Å². The third kappa shape index (κ3) is 4.17. The van der Waals surface area contributed by atoms with Gasteiger partial charge in [0.2, 0.25) is 0 Å². The molecular formula is C21H22N2O3S. The van der Waals surface area contributed by atoms with Crippen molar-refractivity contribution in [3.63, 3.8) is 0 Å². The molecule has 1 heterocycles. The lowest BCUT2D eigenvalue weighted by molar-refractivity contribution is -0.122. The van der Waals surface area contributed by atoms with E-state index < -0.39 is 0 Å². The number of amides is 1. The molecule has 2 aromatic rings. The Morgan fingerprint density at radius 2 is 1.85 bits per heavy atom. The lowest BCUT2D eigenvalue weighted by Gasteiger charge is -2.12. The van der Waals surface area contributed by atoms with Crippen LogP contribution in [0.2, 0.25) is 0 Å². The molecule has 0 aliphatic carbocycles. The first kappa shape index (κ1) is 19.0. The predicted molar refractivity (Wildman–Crippen MR) is 111 cm³/mol. The minimum absolute atomic E-state index is 0.0498. The van der Waals surface area contributed by atoms with Crippen LogP contribution >= 0.6 is 11.8 Å². The fourth-order valence-electron chi connectivity index (χ4n) is 2.68. The Morgan fingerprint density at radius 3 is 2.48 bits per heavy atom. The molecule has 0 radical (unpaired) electrons. The van der Waals surface area contributed by atoms with Crippen molar-refractivity contribution in [3.05, 3.63) is 58.5 Å². The van der Waals surface area contributed by atoms with Crippen molar-refractivity contribution >= 4 is 34.6 Å². The summed E-state index contributed by atoms with van der Waals surface area (Å²) in [6.07, 6.45) is 1.84. The van der Waals surface area contributed by atoms with E-state index >= 15 is 0 Å². The normalized spacial score (nSPS) is 17.0. The quantitative estimate of drug-likeness (QED) is 0.707. The largest absolute Gasteiger partial charge is 0.497 e. The third-order valence-electron chi connectivity index (χ3n) is 4.19. The second-order valence-electron chi connectivity index (χ2n) is 6.00. The highest BCUT2D eigenvalue weighted by molar-refractivity contribution is 8.18. The molecular weight excluding hydrogens is 360 g/mol. The zero-order chi connectivity index (χ0) is 19.4. The summed E-state index contributed by atoms with van der Waals surface area (Å²) >= 11 is 1.38. The summed E-state index contributed by atoms with van der Waals surface area (Å²) in [6.45, 7) is 4.54. The van der Waals surface area contributed by atoms with Gasteiger partial charge in [0.05, 0.1) is 24.8 Å². The fraction of sp³-hybridized carbons (Fsp3) is 0.238. The molecule has 0 spiro atoms. The first-order valence-electron chi connectivity index (χ1n) is 8.64. The van der Waals surface area contributed by atoms with Crippen LogP contribution in [-0.2, 0) is 4.79 Å². The SMILES string of the molecule is CCN1C(=O)/C(=C\c2ccc(OC)cc2OC)SC1=Nc1ccc(C)cc1. The van der Waals surface area contributed by atoms with Crippen LogP contribution in [0.1, 0.15) is 18.1 Å². The Labute approximate surface area is 163 Å². The number of benzene rings is 2. The summed E-state index contributed by atoms with van der Waals surface area (Å²) in [7, 11) is 3.21. The smallest absolute Gasteiger partial charge is 0.266 e. The molecule has 0 saturated carbocycles. The van der Waals surface area contributed by atoms with Crippen molar-refractivity contribution in [1.29, 1.82) is 0 Å². The molecule has 5 nitrogen and oxygen atoms in total. The van der Waals surface area contributed by atoms with Crippen LogP contribution in [0.5, 0.6) is 11.5 Å². The Balaban J connectivity index is 1.94. The van der Waals surface area contributed by atoms with Gasteiger partial charge >= 0.3 is 0 Å². The molecule has 1 fully saturated rings. The van der Waals surface area contributed by atoms with Crippen LogP contribution in [0.15, 0.2) is 52.4 Å². The van der Waals surface area contributed by atoms with Gasteiger partial charge < -0.3 is 9.47 Å².